The summed E-state index contributed by atoms with van der Waals surface area (Å²) in [6.07, 6.45) is 1.85. The van der Waals surface area contributed by atoms with Crippen molar-refractivity contribution in [1.82, 2.24) is 4.31 Å². The largest absolute Gasteiger partial charge is 0.455 e. The molecule has 12 heteroatoms. The predicted octanol–water partition coefficient (Wildman–Crippen LogP) is 4.30. The first kappa shape index (κ1) is 23.3. The Balaban J connectivity index is 1.76. The first-order chi connectivity index (χ1) is 14.5. The third kappa shape index (κ3) is 6.07. The van der Waals surface area contributed by atoms with Crippen molar-refractivity contribution in [3.63, 3.8) is 0 Å². The van der Waals surface area contributed by atoms with Gasteiger partial charge in [0.25, 0.3) is 5.69 Å². The molecule has 2 aromatic rings. The highest BCUT2D eigenvalue weighted by Gasteiger charge is 2.29. The van der Waals surface area contributed by atoms with Gasteiger partial charge in [0.2, 0.25) is 15.9 Å². The minimum absolute atomic E-state index is 0.112. The van der Waals surface area contributed by atoms with Crippen molar-refractivity contribution in [1.29, 1.82) is 0 Å². The Kier molecular flexibility index (Phi) is 7.05. The zero-order valence-electron chi connectivity index (χ0n) is 16.4. The summed E-state index contributed by atoms with van der Waals surface area (Å²) in [6, 6.07) is 8.44. The fourth-order valence-electron chi connectivity index (χ4n) is 3.20. The molecule has 166 valence electrons. The average Bonchev–Trinajstić information content (AvgIpc) is 2.69. The van der Waals surface area contributed by atoms with Crippen LogP contribution in [0.15, 0.2) is 36.4 Å². The number of nitro groups is 1. The third-order valence-corrected chi connectivity index (χ3v) is 6.62. The normalized spacial score (nSPS) is 15.5. The summed E-state index contributed by atoms with van der Waals surface area (Å²) in [4.78, 5) is 23.4. The minimum atomic E-state index is -3.30. The number of sulfonamides is 1. The number of carbonyl (C=O) groups is 1. The van der Waals surface area contributed by atoms with Crippen LogP contribution in [0.5, 0.6) is 11.5 Å². The molecule has 9 nitrogen and oxygen atoms in total. The molecule has 1 aliphatic rings. The topological polar surface area (TPSA) is 119 Å². The van der Waals surface area contributed by atoms with E-state index in [0.29, 0.717) is 17.9 Å². The lowest BCUT2D eigenvalue weighted by molar-refractivity contribution is -0.384. The van der Waals surface area contributed by atoms with Crippen molar-refractivity contribution >= 4 is 50.5 Å². The predicted molar refractivity (Wildman–Crippen MR) is 117 cm³/mol. The molecule has 0 spiro atoms. The van der Waals surface area contributed by atoms with Crippen LogP contribution in [0.4, 0.5) is 11.4 Å². The molecule has 0 bridgehead atoms. The van der Waals surface area contributed by atoms with Gasteiger partial charge in [-0.25, -0.2) is 12.7 Å². The summed E-state index contributed by atoms with van der Waals surface area (Å²) < 4.78 is 30.2. The maximum Gasteiger partial charge on any atom is 0.275 e. The zero-order valence-corrected chi connectivity index (χ0v) is 18.7. The van der Waals surface area contributed by atoms with Gasteiger partial charge in [-0.05, 0) is 31.0 Å². The number of halogens is 2. The van der Waals surface area contributed by atoms with Crippen LogP contribution in [-0.4, -0.2) is 42.9 Å². The molecule has 2 aromatic carbocycles. The third-order valence-electron chi connectivity index (χ3n) is 4.79. The van der Waals surface area contributed by atoms with E-state index in [1.807, 2.05) is 0 Å². The summed E-state index contributed by atoms with van der Waals surface area (Å²) in [5, 5.41) is 14.6. The highest BCUT2D eigenvalue weighted by Crippen LogP contribution is 2.35. The maximum absolute atomic E-state index is 12.6. The second-order valence-corrected chi connectivity index (χ2v) is 9.90. The van der Waals surface area contributed by atoms with Gasteiger partial charge in [-0.2, -0.15) is 0 Å². The molecule has 0 atom stereocenters. The number of nitro benzene ring substituents is 1. The van der Waals surface area contributed by atoms with Crippen LogP contribution in [0.1, 0.15) is 12.8 Å². The van der Waals surface area contributed by atoms with Gasteiger partial charge in [-0.15, -0.1) is 0 Å². The van der Waals surface area contributed by atoms with E-state index in [-0.39, 0.29) is 46.9 Å². The highest BCUT2D eigenvalue weighted by molar-refractivity contribution is 7.88. The summed E-state index contributed by atoms with van der Waals surface area (Å²) in [5.41, 5.74) is -0.0883. The average molecular weight is 488 g/mol. The van der Waals surface area contributed by atoms with Gasteiger partial charge < -0.3 is 10.1 Å². The lowest BCUT2D eigenvalue weighted by Gasteiger charge is -2.29. The molecule has 1 amide bonds. The number of hydrogen-bond acceptors (Lipinski definition) is 6. The fourth-order valence-corrected chi connectivity index (χ4v) is 4.52. The van der Waals surface area contributed by atoms with Crippen LogP contribution in [0.3, 0.4) is 0 Å². The molecule has 1 N–H and O–H groups in total. The maximum atomic E-state index is 12.6. The van der Waals surface area contributed by atoms with Gasteiger partial charge in [0, 0.05) is 36.2 Å². The summed E-state index contributed by atoms with van der Waals surface area (Å²) in [5.74, 6) is -0.394. The summed E-state index contributed by atoms with van der Waals surface area (Å²) in [6.45, 7) is 0.491. The van der Waals surface area contributed by atoms with E-state index in [9.17, 15) is 23.3 Å². The molecular formula is C19H19Cl2N3O6S. The number of benzene rings is 2. The van der Waals surface area contributed by atoms with Gasteiger partial charge in [0.05, 0.1) is 28.0 Å². The number of non-ortho nitro benzene ring substituents is 1. The Morgan fingerprint density at radius 2 is 1.87 bits per heavy atom. The molecule has 3 rings (SSSR count). The van der Waals surface area contributed by atoms with Crippen LogP contribution >= 0.6 is 23.2 Å². The fraction of sp³-hybridized carbons (Fsp3) is 0.316. The molecule has 0 radical (unpaired) electrons. The van der Waals surface area contributed by atoms with Crippen LogP contribution in [0.25, 0.3) is 0 Å². The number of carbonyl (C=O) groups excluding carboxylic acids is 1. The highest BCUT2D eigenvalue weighted by atomic mass is 35.5. The standard InChI is InChI=1S/C19H19Cl2N3O6S/c1-31(28,29)23-6-4-12(5-7-23)19(25)22-14-9-15(24(26)27)11-16(10-14)30-18-3-2-13(20)8-17(18)21/h2-3,8-12H,4-7H2,1H3,(H,22,25). The first-order valence-corrected chi connectivity index (χ1v) is 11.8. The lowest BCUT2D eigenvalue weighted by atomic mass is 9.97. The van der Waals surface area contributed by atoms with E-state index in [1.54, 1.807) is 6.07 Å². The summed E-state index contributed by atoms with van der Waals surface area (Å²) >= 11 is 12.0. The van der Waals surface area contributed by atoms with Crippen LogP contribution < -0.4 is 10.1 Å². The van der Waals surface area contributed by atoms with Crippen molar-refractivity contribution in [2.24, 2.45) is 5.92 Å². The van der Waals surface area contributed by atoms with Crippen molar-refractivity contribution in [2.75, 3.05) is 24.7 Å². The number of anilines is 1. The second kappa shape index (κ2) is 9.39. The molecule has 1 fully saturated rings. The molecule has 0 aliphatic carbocycles. The van der Waals surface area contributed by atoms with E-state index in [1.165, 1.54) is 34.6 Å². The van der Waals surface area contributed by atoms with Crippen LogP contribution in [-0.2, 0) is 14.8 Å². The van der Waals surface area contributed by atoms with Crippen molar-refractivity contribution < 1.29 is 22.9 Å². The zero-order chi connectivity index (χ0) is 22.8. The second-order valence-electron chi connectivity index (χ2n) is 7.08. The van der Waals surface area contributed by atoms with E-state index < -0.39 is 20.9 Å². The van der Waals surface area contributed by atoms with Crippen LogP contribution in [0, 0.1) is 16.0 Å². The summed E-state index contributed by atoms with van der Waals surface area (Å²) in [7, 11) is -3.30. The SMILES string of the molecule is CS(=O)(=O)N1CCC(C(=O)Nc2cc(Oc3ccc(Cl)cc3Cl)cc([N+](=O)[O-])c2)CC1. The monoisotopic (exact) mass is 487 g/mol. The molecule has 1 aliphatic heterocycles. The first-order valence-electron chi connectivity index (χ1n) is 9.21. The number of hydrogen-bond donors (Lipinski definition) is 1. The van der Waals surface area contributed by atoms with Gasteiger partial charge >= 0.3 is 0 Å². The molecule has 0 saturated carbocycles. The minimum Gasteiger partial charge on any atom is -0.455 e. The molecular weight excluding hydrogens is 469 g/mol. The number of rotatable bonds is 6. The Morgan fingerprint density at radius 3 is 2.45 bits per heavy atom. The van der Waals surface area contributed by atoms with E-state index in [0.717, 1.165) is 6.26 Å². The molecule has 1 saturated heterocycles. The molecule has 1 heterocycles. The number of nitrogens with one attached hydrogen (secondary N) is 1. The number of piperidine rings is 1. The van der Waals surface area contributed by atoms with Gasteiger partial charge in [0.15, 0.2) is 0 Å². The number of amides is 1. The van der Waals surface area contributed by atoms with E-state index in [4.69, 9.17) is 27.9 Å². The van der Waals surface area contributed by atoms with Crippen LogP contribution in [0.2, 0.25) is 10.0 Å². The van der Waals surface area contributed by atoms with Gasteiger partial charge in [-0.1, -0.05) is 23.2 Å². The molecule has 0 unspecified atom stereocenters. The Morgan fingerprint density at radius 1 is 1.19 bits per heavy atom. The molecule has 31 heavy (non-hydrogen) atoms. The Labute approximate surface area is 189 Å². The van der Waals surface area contributed by atoms with E-state index in [2.05, 4.69) is 5.32 Å². The molecule has 0 aromatic heterocycles. The number of nitrogens with zero attached hydrogens (tertiary/aromatic N) is 2. The smallest absolute Gasteiger partial charge is 0.275 e. The van der Waals surface area contributed by atoms with Gasteiger partial charge in [0.1, 0.15) is 11.5 Å². The van der Waals surface area contributed by atoms with E-state index >= 15 is 0 Å². The van der Waals surface area contributed by atoms with Crippen molar-refractivity contribution in [3.8, 4) is 11.5 Å². The lowest BCUT2D eigenvalue weighted by Crippen LogP contribution is -2.40. The van der Waals surface area contributed by atoms with Crippen molar-refractivity contribution in [3.05, 3.63) is 56.6 Å². The number of ether oxygens (including phenoxy) is 1. The quantitative estimate of drug-likeness (QED) is 0.478. The Hall–Kier alpha value is -2.40. The van der Waals surface area contributed by atoms with Gasteiger partial charge in [-0.3, -0.25) is 14.9 Å². The Bertz CT molecular complexity index is 1120. The van der Waals surface area contributed by atoms with Crippen molar-refractivity contribution in [2.45, 2.75) is 12.8 Å².